The highest BCUT2D eigenvalue weighted by Gasteiger charge is 2.22. The second kappa shape index (κ2) is 7.15. The first kappa shape index (κ1) is 18.2. The number of carbonyl (C=O) groups excluding carboxylic acids is 1. The summed E-state index contributed by atoms with van der Waals surface area (Å²) in [6.07, 6.45) is 0. The van der Waals surface area contributed by atoms with Gasteiger partial charge in [0.25, 0.3) is 0 Å². The van der Waals surface area contributed by atoms with Crippen LogP contribution in [0.3, 0.4) is 0 Å². The first-order valence-corrected chi connectivity index (χ1v) is 9.15. The van der Waals surface area contributed by atoms with Crippen LogP contribution >= 0.6 is 0 Å². The zero-order valence-electron chi connectivity index (χ0n) is 14.3. The molecule has 0 spiro atoms. The van der Waals surface area contributed by atoms with Gasteiger partial charge in [-0.3, -0.25) is 4.79 Å². The number of para-hydroxylation sites is 1. The Bertz CT molecular complexity index is 823. The lowest BCUT2D eigenvalue weighted by Crippen LogP contribution is -2.41. The Morgan fingerprint density at radius 1 is 0.958 bits per heavy atom. The molecule has 0 aliphatic heterocycles. The smallest absolute Gasteiger partial charge is 0.242 e. The Hall–Kier alpha value is -2.18. The average Bonchev–Trinajstić information content (AvgIpc) is 2.51. The molecule has 0 bridgehead atoms. The van der Waals surface area contributed by atoms with Gasteiger partial charge < -0.3 is 5.32 Å². The van der Waals surface area contributed by atoms with Crippen LogP contribution < -0.4 is 10.0 Å². The molecule has 0 radical (unpaired) electrons. The van der Waals surface area contributed by atoms with E-state index in [0.717, 1.165) is 16.7 Å². The van der Waals surface area contributed by atoms with E-state index < -0.39 is 22.0 Å². The van der Waals surface area contributed by atoms with Crippen LogP contribution in [0.2, 0.25) is 0 Å². The van der Waals surface area contributed by atoms with Crippen molar-refractivity contribution >= 4 is 21.6 Å². The summed E-state index contributed by atoms with van der Waals surface area (Å²) in [6, 6.07) is 11.3. The molecule has 2 aromatic carbocycles. The molecule has 0 aliphatic rings. The van der Waals surface area contributed by atoms with Gasteiger partial charge in [0, 0.05) is 5.69 Å². The summed E-state index contributed by atoms with van der Waals surface area (Å²) in [5.41, 5.74) is 3.53. The van der Waals surface area contributed by atoms with Gasteiger partial charge in [-0.2, -0.15) is 4.72 Å². The number of aryl methyl sites for hydroxylation is 3. The van der Waals surface area contributed by atoms with Crippen molar-refractivity contribution in [2.75, 3.05) is 5.32 Å². The summed E-state index contributed by atoms with van der Waals surface area (Å²) in [4.78, 5) is 12.5. The normalized spacial score (nSPS) is 12.7. The number of carbonyl (C=O) groups is 1. The summed E-state index contributed by atoms with van der Waals surface area (Å²) in [6.45, 7) is 7.19. The fraction of sp³-hybridized carbons (Fsp3) is 0.278. The third kappa shape index (κ3) is 4.21. The van der Waals surface area contributed by atoms with E-state index in [2.05, 4.69) is 10.0 Å². The predicted octanol–water partition coefficient (Wildman–Crippen LogP) is 2.92. The Morgan fingerprint density at radius 2 is 1.50 bits per heavy atom. The number of anilines is 1. The number of hydrogen-bond donors (Lipinski definition) is 2. The minimum absolute atomic E-state index is 0.139. The molecule has 5 nitrogen and oxygen atoms in total. The standard InChI is InChI=1S/C18H22N2O3S/c1-12-8-10-16(11-9-12)24(22,23)20-15(4)18(21)19-17-13(2)6-5-7-14(17)3/h5-11,15,20H,1-4H3,(H,19,21)/t15-/m1/s1. The van der Waals surface area contributed by atoms with E-state index in [0.29, 0.717) is 5.69 Å². The van der Waals surface area contributed by atoms with Crippen LogP contribution in [-0.4, -0.2) is 20.4 Å². The second-order valence-electron chi connectivity index (χ2n) is 5.91. The van der Waals surface area contributed by atoms with Crippen LogP contribution in [-0.2, 0) is 14.8 Å². The molecule has 0 unspecified atom stereocenters. The highest BCUT2D eigenvalue weighted by molar-refractivity contribution is 7.89. The summed E-state index contributed by atoms with van der Waals surface area (Å²) in [5, 5.41) is 2.80. The fourth-order valence-corrected chi connectivity index (χ4v) is 3.52. The van der Waals surface area contributed by atoms with E-state index in [1.165, 1.54) is 19.1 Å². The average molecular weight is 346 g/mol. The third-order valence-electron chi connectivity index (χ3n) is 3.79. The van der Waals surface area contributed by atoms with Gasteiger partial charge in [-0.05, 0) is 51.0 Å². The molecule has 2 aromatic rings. The molecule has 6 heteroatoms. The van der Waals surface area contributed by atoms with Crippen molar-refractivity contribution in [2.45, 2.75) is 38.6 Å². The largest absolute Gasteiger partial charge is 0.324 e. The van der Waals surface area contributed by atoms with Crippen LogP contribution in [0.4, 0.5) is 5.69 Å². The molecule has 24 heavy (non-hydrogen) atoms. The van der Waals surface area contributed by atoms with Crippen LogP contribution in [0.1, 0.15) is 23.6 Å². The summed E-state index contributed by atoms with van der Waals surface area (Å²) in [7, 11) is -3.74. The molecular weight excluding hydrogens is 324 g/mol. The van der Waals surface area contributed by atoms with Crippen LogP contribution in [0.5, 0.6) is 0 Å². The summed E-state index contributed by atoms with van der Waals surface area (Å²) in [5.74, 6) is -0.400. The van der Waals surface area contributed by atoms with E-state index in [4.69, 9.17) is 0 Å². The zero-order valence-corrected chi connectivity index (χ0v) is 15.1. The molecule has 128 valence electrons. The van der Waals surface area contributed by atoms with Gasteiger partial charge in [0.2, 0.25) is 15.9 Å². The fourth-order valence-electron chi connectivity index (χ4n) is 2.31. The van der Waals surface area contributed by atoms with E-state index in [9.17, 15) is 13.2 Å². The molecule has 1 amide bonds. The molecule has 0 aromatic heterocycles. The molecule has 0 heterocycles. The van der Waals surface area contributed by atoms with Crippen molar-refractivity contribution in [3.05, 3.63) is 59.2 Å². The lowest BCUT2D eigenvalue weighted by atomic mass is 10.1. The van der Waals surface area contributed by atoms with Crippen LogP contribution in [0, 0.1) is 20.8 Å². The Labute approximate surface area is 143 Å². The van der Waals surface area contributed by atoms with Crippen molar-refractivity contribution < 1.29 is 13.2 Å². The van der Waals surface area contributed by atoms with Gasteiger partial charge in [-0.1, -0.05) is 35.9 Å². The van der Waals surface area contributed by atoms with Crippen molar-refractivity contribution in [2.24, 2.45) is 0 Å². The van der Waals surface area contributed by atoms with Gasteiger partial charge in [0.15, 0.2) is 0 Å². The van der Waals surface area contributed by atoms with Gasteiger partial charge in [-0.15, -0.1) is 0 Å². The van der Waals surface area contributed by atoms with Crippen molar-refractivity contribution in [1.29, 1.82) is 0 Å². The summed E-state index contributed by atoms with van der Waals surface area (Å²) >= 11 is 0. The molecule has 0 saturated heterocycles. The zero-order chi connectivity index (χ0) is 17.9. The van der Waals surface area contributed by atoms with E-state index in [1.807, 2.05) is 39.0 Å². The van der Waals surface area contributed by atoms with E-state index >= 15 is 0 Å². The maximum Gasteiger partial charge on any atom is 0.242 e. The molecule has 0 aliphatic carbocycles. The van der Waals surface area contributed by atoms with Gasteiger partial charge in [0.1, 0.15) is 0 Å². The van der Waals surface area contributed by atoms with E-state index in [1.54, 1.807) is 12.1 Å². The predicted molar refractivity (Wildman–Crippen MR) is 95.5 cm³/mol. The number of hydrogen-bond acceptors (Lipinski definition) is 3. The lowest BCUT2D eigenvalue weighted by Gasteiger charge is -2.17. The number of sulfonamides is 1. The van der Waals surface area contributed by atoms with Crippen molar-refractivity contribution in [3.8, 4) is 0 Å². The number of amides is 1. The highest BCUT2D eigenvalue weighted by atomic mass is 32.2. The SMILES string of the molecule is Cc1ccc(S(=O)(=O)N[C@H](C)C(=O)Nc2c(C)cccc2C)cc1. The Morgan fingerprint density at radius 3 is 2.04 bits per heavy atom. The Balaban J connectivity index is 2.12. The molecule has 2 N–H and O–H groups in total. The maximum absolute atomic E-state index is 12.4. The van der Waals surface area contributed by atoms with Gasteiger partial charge >= 0.3 is 0 Å². The molecule has 0 saturated carbocycles. The first-order chi connectivity index (χ1) is 11.2. The minimum atomic E-state index is -3.74. The van der Waals surface area contributed by atoms with E-state index in [-0.39, 0.29) is 4.90 Å². The lowest BCUT2D eigenvalue weighted by molar-refractivity contribution is -0.117. The molecular formula is C18H22N2O3S. The topological polar surface area (TPSA) is 75.3 Å². The highest BCUT2D eigenvalue weighted by Crippen LogP contribution is 2.19. The molecule has 2 rings (SSSR count). The second-order valence-corrected chi connectivity index (χ2v) is 7.63. The summed E-state index contributed by atoms with van der Waals surface area (Å²) < 4.78 is 27.1. The molecule has 1 atom stereocenters. The Kier molecular flexibility index (Phi) is 5.41. The monoisotopic (exact) mass is 346 g/mol. The van der Waals surface area contributed by atoms with Gasteiger partial charge in [0.05, 0.1) is 10.9 Å². The minimum Gasteiger partial charge on any atom is -0.324 e. The number of benzene rings is 2. The third-order valence-corrected chi connectivity index (χ3v) is 5.34. The van der Waals surface area contributed by atoms with Gasteiger partial charge in [-0.25, -0.2) is 8.42 Å². The number of nitrogens with one attached hydrogen (secondary N) is 2. The van der Waals surface area contributed by atoms with Crippen LogP contribution in [0.25, 0.3) is 0 Å². The first-order valence-electron chi connectivity index (χ1n) is 7.67. The van der Waals surface area contributed by atoms with Crippen LogP contribution in [0.15, 0.2) is 47.4 Å². The van der Waals surface area contributed by atoms with Crippen molar-refractivity contribution in [1.82, 2.24) is 4.72 Å². The number of rotatable bonds is 5. The quantitative estimate of drug-likeness (QED) is 0.874. The molecule has 0 fully saturated rings. The van der Waals surface area contributed by atoms with Crippen molar-refractivity contribution in [3.63, 3.8) is 0 Å². The maximum atomic E-state index is 12.4.